The summed E-state index contributed by atoms with van der Waals surface area (Å²) in [6, 6.07) is 1.96. The van der Waals surface area contributed by atoms with Crippen molar-refractivity contribution in [2.24, 2.45) is 0 Å². The van der Waals surface area contributed by atoms with Crippen LogP contribution in [-0.2, 0) is 6.18 Å². The highest BCUT2D eigenvalue weighted by Gasteiger charge is 2.52. The van der Waals surface area contributed by atoms with E-state index in [1.165, 1.54) is 0 Å². The summed E-state index contributed by atoms with van der Waals surface area (Å²) in [6.07, 6.45) is -2.65. The lowest BCUT2D eigenvalue weighted by Gasteiger charge is -2.52. The summed E-state index contributed by atoms with van der Waals surface area (Å²) in [5.41, 5.74) is 1.78. The molecule has 2 aromatic heterocycles. The molecule has 4 aliphatic rings. The Balaban J connectivity index is 1.40. The molecular formula is C29H31ClF5N7O2. The van der Waals surface area contributed by atoms with Crippen molar-refractivity contribution in [2.45, 2.75) is 61.6 Å². The van der Waals surface area contributed by atoms with Gasteiger partial charge in [-0.05, 0) is 51.4 Å². The Morgan fingerprint density at radius 3 is 2.70 bits per heavy atom. The molecule has 2 saturated heterocycles. The Labute approximate surface area is 254 Å². The average Bonchev–Trinajstić information content (AvgIpc) is 3.42. The van der Waals surface area contributed by atoms with Crippen LogP contribution in [0.1, 0.15) is 37.7 Å². The zero-order valence-electron chi connectivity index (χ0n) is 24.1. The predicted octanol–water partition coefficient (Wildman–Crippen LogP) is 4.99. The third-order valence-electron chi connectivity index (χ3n) is 9.76. The fourth-order valence-electron chi connectivity index (χ4n) is 7.42. The van der Waals surface area contributed by atoms with E-state index in [4.69, 9.17) is 26.8 Å². The number of fused-ring (bicyclic) bond motifs is 1. The first-order valence-corrected chi connectivity index (χ1v) is 14.9. The number of hydrogen-bond donors (Lipinski definition) is 2. The number of anilines is 2. The number of benzene rings is 1. The second-order valence-corrected chi connectivity index (χ2v) is 12.8. The summed E-state index contributed by atoms with van der Waals surface area (Å²) in [7, 11) is 3.66. The maximum atomic E-state index is 16.6. The van der Waals surface area contributed by atoms with Gasteiger partial charge in [0.25, 0.3) is 0 Å². The van der Waals surface area contributed by atoms with Crippen molar-refractivity contribution in [3.05, 3.63) is 28.5 Å². The van der Waals surface area contributed by atoms with E-state index in [1.54, 1.807) is 0 Å². The molecule has 1 aliphatic carbocycles. The van der Waals surface area contributed by atoms with Crippen LogP contribution in [-0.4, -0.2) is 83.5 Å². The van der Waals surface area contributed by atoms with E-state index in [0.29, 0.717) is 25.8 Å². The zero-order valence-corrected chi connectivity index (χ0v) is 24.8. The van der Waals surface area contributed by atoms with Crippen LogP contribution in [0.4, 0.5) is 33.5 Å². The van der Waals surface area contributed by atoms with Crippen LogP contribution < -0.4 is 25.4 Å². The Morgan fingerprint density at radius 2 is 1.98 bits per heavy atom. The maximum absolute atomic E-state index is 16.6. The summed E-state index contributed by atoms with van der Waals surface area (Å²) in [4.78, 5) is 17.3. The zero-order chi connectivity index (χ0) is 31.2. The molecule has 3 aliphatic heterocycles. The van der Waals surface area contributed by atoms with Gasteiger partial charge in [-0.1, -0.05) is 11.6 Å². The van der Waals surface area contributed by atoms with Crippen LogP contribution in [0.5, 0.6) is 11.9 Å². The number of hydrogen-bond acceptors (Lipinski definition) is 9. The van der Waals surface area contributed by atoms with Gasteiger partial charge in [-0.3, -0.25) is 4.90 Å². The fourth-order valence-corrected chi connectivity index (χ4v) is 7.76. The molecular weight excluding hydrogens is 609 g/mol. The van der Waals surface area contributed by atoms with Crippen LogP contribution >= 0.6 is 11.6 Å². The van der Waals surface area contributed by atoms with E-state index < -0.39 is 51.1 Å². The van der Waals surface area contributed by atoms with Crippen molar-refractivity contribution < 1.29 is 31.4 Å². The molecule has 3 fully saturated rings. The molecule has 0 bridgehead atoms. The third kappa shape index (κ3) is 4.51. The van der Waals surface area contributed by atoms with Crippen molar-refractivity contribution in [1.82, 2.24) is 25.2 Å². The summed E-state index contributed by atoms with van der Waals surface area (Å²) < 4.78 is 85.9. The number of nitrogens with zero attached hydrogens (tertiary/aromatic N) is 5. The second-order valence-electron chi connectivity index (χ2n) is 12.4. The van der Waals surface area contributed by atoms with E-state index >= 15 is 4.39 Å². The van der Waals surface area contributed by atoms with Crippen LogP contribution in [0.15, 0.2) is 12.1 Å². The number of aromatic nitrogens is 3. The summed E-state index contributed by atoms with van der Waals surface area (Å²) in [6.45, 7) is 1.28. The van der Waals surface area contributed by atoms with E-state index in [1.807, 2.05) is 19.0 Å². The van der Waals surface area contributed by atoms with Gasteiger partial charge < -0.3 is 25.4 Å². The molecule has 1 spiro atoms. The minimum absolute atomic E-state index is 0.0843. The highest BCUT2D eigenvalue weighted by atomic mass is 35.5. The highest BCUT2D eigenvalue weighted by molar-refractivity contribution is 6.32. The van der Waals surface area contributed by atoms with Gasteiger partial charge in [-0.2, -0.15) is 23.1 Å². The minimum Gasteiger partial charge on any atom is -0.475 e. The first-order chi connectivity index (χ1) is 20.8. The van der Waals surface area contributed by atoms with E-state index in [0.717, 1.165) is 31.5 Å². The van der Waals surface area contributed by atoms with Crippen molar-refractivity contribution in [2.75, 3.05) is 51.0 Å². The molecule has 1 saturated carbocycles. The SMILES string of the molecule is CNC1CC2(COc3nc(-c4cc(N)cc(Cl)c4C(F)(F)F)c(F)c4nc(OC[C@@]56CCCN5C[C@H](F)C6)nc(c34)N2C)C1. The Kier molecular flexibility index (Phi) is 6.80. The van der Waals surface area contributed by atoms with E-state index in [9.17, 15) is 17.6 Å². The summed E-state index contributed by atoms with van der Waals surface area (Å²) in [5.74, 6) is -0.968. The number of nitrogens with two attached hydrogens (primary N) is 1. The van der Waals surface area contributed by atoms with Crippen LogP contribution in [0.3, 0.4) is 0 Å². The van der Waals surface area contributed by atoms with Crippen LogP contribution in [0.2, 0.25) is 5.02 Å². The first-order valence-electron chi connectivity index (χ1n) is 14.5. The van der Waals surface area contributed by atoms with E-state index in [2.05, 4.69) is 25.2 Å². The summed E-state index contributed by atoms with van der Waals surface area (Å²) >= 11 is 6.00. The van der Waals surface area contributed by atoms with Crippen molar-refractivity contribution in [1.29, 1.82) is 0 Å². The van der Waals surface area contributed by atoms with Crippen molar-refractivity contribution in [3.8, 4) is 23.1 Å². The molecule has 9 nitrogen and oxygen atoms in total. The average molecular weight is 640 g/mol. The molecule has 2 atom stereocenters. The molecule has 7 rings (SSSR count). The maximum Gasteiger partial charge on any atom is 0.418 e. The standard InChI is InChI=1S/C29H31ClF5N7O2/c1-37-16-9-28(10-16)13-43-25-19-23(21(32)22(38-25)17-6-15(36)7-18(30)20(17)29(33,34)35)39-26(40-24(19)41(28)2)44-12-27-4-3-5-42(27)11-14(31)8-27/h6-7,14,16,37H,3-5,8-13,36H2,1-2H3/t14-,16?,27+,28?/m1/s1. The molecule has 44 heavy (non-hydrogen) atoms. The lowest BCUT2D eigenvalue weighted by atomic mass is 9.72. The number of nitrogens with one attached hydrogen (secondary N) is 1. The van der Waals surface area contributed by atoms with Gasteiger partial charge in [0, 0.05) is 37.3 Å². The smallest absolute Gasteiger partial charge is 0.418 e. The second kappa shape index (κ2) is 10.1. The van der Waals surface area contributed by atoms with E-state index in [-0.39, 0.29) is 53.6 Å². The Morgan fingerprint density at radius 1 is 1.20 bits per heavy atom. The first kappa shape index (κ1) is 29.5. The molecule has 15 heteroatoms. The normalized spacial score (nSPS) is 28.2. The number of likely N-dealkylation sites (N-methyl/N-ethyl adjacent to an activating group) is 1. The van der Waals surface area contributed by atoms with Gasteiger partial charge in [-0.25, -0.2) is 13.8 Å². The summed E-state index contributed by atoms with van der Waals surface area (Å²) in [5, 5.41) is 2.65. The molecule has 0 radical (unpaired) electrons. The van der Waals surface area contributed by atoms with Gasteiger partial charge in [-0.15, -0.1) is 0 Å². The van der Waals surface area contributed by atoms with Gasteiger partial charge in [0.05, 0.1) is 21.7 Å². The monoisotopic (exact) mass is 639 g/mol. The molecule has 0 unspecified atom stereocenters. The minimum atomic E-state index is -4.94. The number of nitrogen functional groups attached to an aromatic ring is 1. The van der Waals surface area contributed by atoms with Gasteiger partial charge in [0.2, 0.25) is 5.88 Å². The molecule has 0 amide bonds. The van der Waals surface area contributed by atoms with Gasteiger partial charge >= 0.3 is 12.2 Å². The third-order valence-corrected chi connectivity index (χ3v) is 10.1. The van der Waals surface area contributed by atoms with Gasteiger partial charge in [0.1, 0.15) is 41.8 Å². The number of ether oxygens (including phenoxy) is 2. The Bertz CT molecular complexity index is 1650. The molecule has 236 valence electrons. The molecule has 5 heterocycles. The van der Waals surface area contributed by atoms with Crippen LogP contribution in [0, 0.1) is 5.82 Å². The largest absolute Gasteiger partial charge is 0.475 e. The number of alkyl halides is 4. The molecule has 1 aromatic carbocycles. The highest BCUT2D eigenvalue weighted by Crippen LogP contribution is 2.49. The van der Waals surface area contributed by atoms with Crippen LogP contribution in [0.25, 0.3) is 22.2 Å². The topological polar surface area (TPSA) is 102 Å². The van der Waals surface area contributed by atoms with Crippen molar-refractivity contribution >= 4 is 34.0 Å². The van der Waals surface area contributed by atoms with Gasteiger partial charge in [0.15, 0.2) is 5.82 Å². The lowest BCUT2D eigenvalue weighted by Crippen LogP contribution is -2.64. The predicted molar refractivity (Wildman–Crippen MR) is 154 cm³/mol. The number of rotatable bonds is 5. The number of halogens is 6. The molecule has 3 N–H and O–H groups in total. The lowest BCUT2D eigenvalue weighted by molar-refractivity contribution is -0.137. The Hall–Kier alpha value is -3.23. The van der Waals surface area contributed by atoms with Crippen molar-refractivity contribution in [3.63, 3.8) is 0 Å². The number of pyridine rings is 1. The molecule has 3 aromatic rings. The quantitative estimate of drug-likeness (QED) is 0.295. The fraction of sp³-hybridized carbons (Fsp3) is 0.552.